The number of hydrogen-bond donors (Lipinski definition) is 1. The van der Waals surface area contributed by atoms with Gasteiger partial charge in [-0.2, -0.15) is 0 Å². The number of rotatable bonds is 10. The summed E-state index contributed by atoms with van der Waals surface area (Å²) in [4.78, 5) is 20.1. The Morgan fingerprint density at radius 2 is 1.82 bits per heavy atom. The maximum Gasteiger partial charge on any atom is 0.220 e. The van der Waals surface area contributed by atoms with E-state index in [9.17, 15) is 4.79 Å². The standard InChI is InChI=1S/C31H36N4O3/c1-3-38-27-6-4-5-25(21-27)26-11-13-29-33-31(24-9-7-23(2)8-10-24)28(35(29)22-26)12-14-30(36)32-15-16-34-17-19-37-20-18-34/h4-11,13,21-22H,3,12,14-20H2,1-2H3,(H,32,36). The Balaban J connectivity index is 1.39. The summed E-state index contributed by atoms with van der Waals surface area (Å²) in [6.45, 7) is 9.58. The fraction of sp³-hybridized carbons (Fsp3) is 0.355. The Hall–Kier alpha value is -3.68. The van der Waals surface area contributed by atoms with Gasteiger partial charge in [0.25, 0.3) is 0 Å². The third-order valence-electron chi connectivity index (χ3n) is 6.96. The number of pyridine rings is 1. The third kappa shape index (κ3) is 6.23. The van der Waals surface area contributed by atoms with Crippen molar-refractivity contribution in [3.8, 4) is 28.1 Å². The Kier molecular flexibility index (Phi) is 8.36. The van der Waals surface area contributed by atoms with Crippen LogP contribution in [0, 0.1) is 6.92 Å². The second-order valence-corrected chi connectivity index (χ2v) is 9.68. The van der Waals surface area contributed by atoms with E-state index in [1.165, 1.54) is 5.56 Å². The number of morpholine rings is 1. The van der Waals surface area contributed by atoms with E-state index >= 15 is 0 Å². The van der Waals surface area contributed by atoms with E-state index in [4.69, 9.17) is 14.5 Å². The first kappa shape index (κ1) is 25.9. The van der Waals surface area contributed by atoms with Crippen molar-refractivity contribution in [2.24, 2.45) is 0 Å². The molecule has 1 N–H and O–H groups in total. The number of hydrogen-bond acceptors (Lipinski definition) is 5. The number of imidazole rings is 1. The Bertz CT molecular complexity index is 1370. The molecule has 0 saturated carbocycles. The molecule has 1 fully saturated rings. The molecule has 0 spiro atoms. The quantitative estimate of drug-likeness (QED) is 0.332. The van der Waals surface area contributed by atoms with Crippen LogP contribution in [0.2, 0.25) is 0 Å². The average molecular weight is 513 g/mol. The summed E-state index contributed by atoms with van der Waals surface area (Å²) in [5.41, 5.74) is 7.24. The van der Waals surface area contributed by atoms with Crippen molar-refractivity contribution in [2.45, 2.75) is 26.7 Å². The zero-order chi connectivity index (χ0) is 26.3. The van der Waals surface area contributed by atoms with E-state index in [1.807, 2.05) is 25.1 Å². The summed E-state index contributed by atoms with van der Waals surface area (Å²) in [6, 6.07) is 20.7. The number of fused-ring (bicyclic) bond motifs is 1. The van der Waals surface area contributed by atoms with Crippen molar-refractivity contribution in [2.75, 3.05) is 46.0 Å². The molecule has 1 saturated heterocycles. The maximum absolute atomic E-state index is 12.8. The number of aromatic nitrogens is 2. The molecule has 0 atom stereocenters. The normalized spacial score (nSPS) is 14.1. The molecule has 5 rings (SSSR count). The van der Waals surface area contributed by atoms with Gasteiger partial charge in [0, 0.05) is 44.4 Å². The van der Waals surface area contributed by atoms with Gasteiger partial charge in [0.2, 0.25) is 5.91 Å². The lowest BCUT2D eigenvalue weighted by Crippen LogP contribution is -2.41. The molecule has 0 unspecified atom stereocenters. The molecular weight excluding hydrogens is 476 g/mol. The number of amides is 1. The number of carbonyl (C=O) groups is 1. The molecule has 7 nitrogen and oxygen atoms in total. The zero-order valence-corrected chi connectivity index (χ0v) is 22.3. The summed E-state index contributed by atoms with van der Waals surface area (Å²) >= 11 is 0. The minimum absolute atomic E-state index is 0.0589. The van der Waals surface area contributed by atoms with Crippen LogP contribution in [0.4, 0.5) is 0 Å². The van der Waals surface area contributed by atoms with Crippen LogP contribution in [-0.2, 0) is 16.0 Å². The minimum Gasteiger partial charge on any atom is -0.494 e. The molecule has 2 aromatic carbocycles. The van der Waals surface area contributed by atoms with Crippen molar-refractivity contribution in [1.82, 2.24) is 19.6 Å². The van der Waals surface area contributed by atoms with Crippen molar-refractivity contribution >= 4 is 11.6 Å². The van der Waals surface area contributed by atoms with Crippen LogP contribution in [0.5, 0.6) is 5.75 Å². The van der Waals surface area contributed by atoms with Crippen LogP contribution >= 0.6 is 0 Å². The highest BCUT2D eigenvalue weighted by atomic mass is 16.5. The Labute approximate surface area is 224 Å². The lowest BCUT2D eigenvalue weighted by Gasteiger charge is -2.26. The van der Waals surface area contributed by atoms with Gasteiger partial charge < -0.3 is 19.2 Å². The van der Waals surface area contributed by atoms with Crippen molar-refractivity contribution in [1.29, 1.82) is 0 Å². The van der Waals surface area contributed by atoms with Crippen LogP contribution in [-0.4, -0.2) is 66.2 Å². The van der Waals surface area contributed by atoms with Gasteiger partial charge in [0.15, 0.2) is 0 Å². The first-order valence-electron chi connectivity index (χ1n) is 13.5. The molecule has 0 bridgehead atoms. The molecule has 2 aromatic heterocycles. The second kappa shape index (κ2) is 12.2. The maximum atomic E-state index is 12.8. The van der Waals surface area contributed by atoms with Crippen LogP contribution in [0.15, 0.2) is 66.9 Å². The Morgan fingerprint density at radius 3 is 2.61 bits per heavy atom. The second-order valence-electron chi connectivity index (χ2n) is 9.68. The topological polar surface area (TPSA) is 68.1 Å². The first-order valence-corrected chi connectivity index (χ1v) is 13.5. The summed E-state index contributed by atoms with van der Waals surface area (Å²) < 4.78 is 13.3. The highest BCUT2D eigenvalue weighted by molar-refractivity contribution is 5.77. The average Bonchev–Trinajstić information content (AvgIpc) is 3.31. The molecular formula is C31H36N4O3. The number of benzene rings is 2. The summed E-state index contributed by atoms with van der Waals surface area (Å²) in [7, 11) is 0. The van der Waals surface area contributed by atoms with Crippen LogP contribution < -0.4 is 10.1 Å². The molecule has 4 aromatic rings. The largest absolute Gasteiger partial charge is 0.494 e. The molecule has 3 heterocycles. The molecule has 1 aliphatic heterocycles. The van der Waals surface area contributed by atoms with Crippen LogP contribution in [0.1, 0.15) is 24.6 Å². The highest BCUT2D eigenvalue weighted by Gasteiger charge is 2.17. The van der Waals surface area contributed by atoms with Crippen LogP contribution in [0.3, 0.4) is 0 Å². The van der Waals surface area contributed by atoms with Crippen molar-refractivity contribution in [3.05, 3.63) is 78.1 Å². The Morgan fingerprint density at radius 1 is 1.03 bits per heavy atom. The number of nitrogens with one attached hydrogen (secondary N) is 1. The summed E-state index contributed by atoms with van der Waals surface area (Å²) in [6.07, 6.45) is 3.12. The summed E-state index contributed by atoms with van der Waals surface area (Å²) in [5.74, 6) is 0.911. The monoisotopic (exact) mass is 512 g/mol. The van der Waals surface area contributed by atoms with Gasteiger partial charge in [-0.3, -0.25) is 9.69 Å². The van der Waals surface area contributed by atoms with Gasteiger partial charge in [-0.25, -0.2) is 4.98 Å². The molecule has 198 valence electrons. The molecule has 1 amide bonds. The van der Waals surface area contributed by atoms with Gasteiger partial charge in [0.1, 0.15) is 11.4 Å². The van der Waals surface area contributed by atoms with E-state index in [0.717, 1.165) is 72.3 Å². The predicted molar refractivity (Wildman–Crippen MR) is 151 cm³/mol. The molecule has 38 heavy (non-hydrogen) atoms. The lowest BCUT2D eigenvalue weighted by molar-refractivity contribution is -0.121. The first-order chi connectivity index (χ1) is 18.6. The smallest absolute Gasteiger partial charge is 0.220 e. The van der Waals surface area contributed by atoms with E-state index < -0.39 is 0 Å². The number of nitrogens with zero attached hydrogens (tertiary/aromatic N) is 3. The molecule has 1 aliphatic rings. The van der Waals surface area contributed by atoms with Gasteiger partial charge in [0.05, 0.1) is 31.2 Å². The van der Waals surface area contributed by atoms with E-state index in [0.29, 0.717) is 26.0 Å². The minimum atomic E-state index is 0.0589. The van der Waals surface area contributed by atoms with Crippen LogP contribution in [0.25, 0.3) is 28.0 Å². The molecule has 0 aliphatic carbocycles. The number of ether oxygens (including phenoxy) is 2. The SMILES string of the molecule is CCOc1cccc(-c2ccc3nc(-c4ccc(C)cc4)c(CCC(=O)NCCN4CCOCC4)n3c2)c1. The number of carbonyl (C=O) groups excluding carboxylic acids is 1. The molecule has 0 radical (unpaired) electrons. The summed E-state index contributed by atoms with van der Waals surface area (Å²) in [5, 5.41) is 3.10. The van der Waals surface area contributed by atoms with Gasteiger partial charge in [-0.1, -0.05) is 42.0 Å². The van der Waals surface area contributed by atoms with Gasteiger partial charge in [-0.05, 0) is 55.7 Å². The lowest BCUT2D eigenvalue weighted by atomic mass is 10.1. The zero-order valence-electron chi connectivity index (χ0n) is 22.3. The van der Waals surface area contributed by atoms with E-state index in [-0.39, 0.29) is 5.91 Å². The fourth-order valence-electron chi connectivity index (χ4n) is 4.88. The van der Waals surface area contributed by atoms with E-state index in [1.54, 1.807) is 0 Å². The van der Waals surface area contributed by atoms with Gasteiger partial charge in [-0.15, -0.1) is 0 Å². The fourth-order valence-corrected chi connectivity index (χ4v) is 4.88. The molecule has 7 heteroatoms. The van der Waals surface area contributed by atoms with E-state index in [2.05, 4.69) is 70.2 Å². The van der Waals surface area contributed by atoms with Crippen molar-refractivity contribution < 1.29 is 14.3 Å². The highest BCUT2D eigenvalue weighted by Crippen LogP contribution is 2.29. The number of aryl methyl sites for hydroxylation is 2. The predicted octanol–water partition coefficient (Wildman–Crippen LogP) is 4.76. The van der Waals surface area contributed by atoms with Crippen molar-refractivity contribution in [3.63, 3.8) is 0 Å². The third-order valence-corrected chi connectivity index (χ3v) is 6.96. The van der Waals surface area contributed by atoms with Gasteiger partial charge >= 0.3 is 0 Å².